The van der Waals surface area contributed by atoms with Gasteiger partial charge in [0.2, 0.25) is 5.91 Å². The molecule has 3 nitrogen and oxygen atoms in total. The van der Waals surface area contributed by atoms with E-state index in [1.807, 2.05) is 4.90 Å². The molecule has 1 aromatic carbocycles. The molecule has 1 aliphatic rings. The van der Waals surface area contributed by atoms with E-state index in [-0.39, 0.29) is 18.3 Å². The number of amides is 1. The van der Waals surface area contributed by atoms with Gasteiger partial charge < -0.3 is 10.6 Å². The standard InChI is InChI=1S/C15H22N2O.ClH/c16-9-6-15(18)17-10-7-14(8-11-17)12-13-4-2-1-3-5-13;/h1-5,14H,6-12,16H2;1H. The smallest absolute Gasteiger partial charge is 0.223 e. The summed E-state index contributed by atoms with van der Waals surface area (Å²) < 4.78 is 0. The second-order valence-corrected chi connectivity index (χ2v) is 5.05. The number of piperidine rings is 1. The molecule has 1 aliphatic heterocycles. The van der Waals surface area contributed by atoms with Gasteiger partial charge in [0.1, 0.15) is 0 Å². The van der Waals surface area contributed by atoms with Gasteiger partial charge in [0, 0.05) is 26.1 Å². The molecule has 106 valence electrons. The Morgan fingerprint density at radius 3 is 2.42 bits per heavy atom. The molecule has 19 heavy (non-hydrogen) atoms. The minimum absolute atomic E-state index is 0. The molecule has 0 saturated carbocycles. The number of nitrogens with zero attached hydrogens (tertiary/aromatic N) is 1. The molecule has 0 spiro atoms. The van der Waals surface area contributed by atoms with Crippen LogP contribution in [0.2, 0.25) is 0 Å². The summed E-state index contributed by atoms with van der Waals surface area (Å²) in [5, 5.41) is 0. The Morgan fingerprint density at radius 2 is 1.84 bits per heavy atom. The van der Waals surface area contributed by atoms with Crippen molar-refractivity contribution in [2.45, 2.75) is 25.7 Å². The van der Waals surface area contributed by atoms with Gasteiger partial charge in [0.05, 0.1) is 0 Å². The second kappa shape index (κ2) is 8.18. The van der Waals surface area contributed by atoms with Crippen LogP contribution < -0.4 is 5.73 Å². The lowest BCUT2D eigenvalue weighted by Crippen LogP contribution is -2.39. The Balaban J connectivity index is 0.00000180. The van der Waals surface area contributed by atoms with E-state index in [0.717, 1.165) is 32.4 Å². The third-order valence-electron chi connectivity index (χ3n) is 3.69. The zero-order valence-electron chi connectivity index (χ0n) is 11.3. The summed E-state index contributed by atoms with van der Waals surface area (Å²) in [7, 11) is 0. The van der Waals surface area contributed by atoms with Crippen LogP contribution >= 0.6 is 12.4 Å². The molecule has 1 saturated heterocycles. The number of hydrogen-bond donors (Lipinski definition) is 1. The fourth-order valence-corrected chi connectivity index (χ4v) is 2.62. The quantitative estimate of drug-likeness (QED) is 0.921. The van der Waals surface area contributed by atoms with Crippen LogP contribution in [0.15, 0.2) is 30.3 Å². The highest BCUT2D eigenvalue weighted by molar-refractivity contribution is 5.85. The number of rotatable bonds is 4. The second-order valence-electron chi connectivity index (χ2n) is 5.05. The van der Waals surface area contributed by atoms with Gasteiger partial charge in [-0.15, -0.1) is 12.4 Å². The zero-order chi connectivity index (χ0) is 12.8. The number of carbonyl (C=O) groups excluding carboxylic acids is 1. The maximum absolute atomic E-state index is 11.7. The highest BCUT2D eigenvalue weighted by atomic mass is 35.5. The van der Waals surface area contributed by atoms with Crippen molar-refractivity contribution >= 4 is 18.3 Å². The molecule has 1 amide bonds. The average Bonchev–Trinajstić information content (AvgIpc) is 2.41. The van der Waals surface area contributed by atoms with Gasteiger partial charge in [0.25, 0.3) is 0 Å². The summed E-state index contributed by atoms with van der Waals surface area (Å²) in [5.41, 5.74) is 6.82. The van der Waals surface area contributed by atoms with E-state index in [1.54, 1.807) is 0 Å². The molecule has 4 heteroatoms. The van der Waals surface area contributed by atoms with Crippen molar-refractivity contribution in [3.63, 3.8) is 0 Å². The summed E-state index contributed by atoms with van der Waals surface area (Å²) in [6.45, 7) is 2.26. The number of hydrogen-bond acceptors (Lipinski definition) is 2. The van der Waals surface area contributed by atoms with E-state index in [9.17, 15) is 4.79 Å². The van der Waals surface area contributed by atoms with Crippen molar-refractivity contribution in [1.29, 1.82) is 0 Å². The monoisotopic (exact) mass is 282 g/mol. The molecule has 0 aliphatic carbocycles. The number of likely N-dealkylation sites (tertiary alicyclic amines) is 1. The predicted octanol–water partition coefficient (Wildman–Crippen LogP) is 2.24. The lowest BCUT2D eigenvalue weighted by atomic mass is 9.90. The topological polar surface area (TPSA) is 46.3 Å². The van der Waals surface area contributed by atoms with Crippen LogP contribution in [-0.2, 0) is 11.2 Å². The maximum Gasteiger partial charge on any atom is 0.223 e. The lowest BCUT2D eigenvalue weighted by molar-refractivity contribution is -0.132. The fourth-order valence-electron chi connectivity index (χ4n) is 2.62. The summed E-state index contributed by atoms with van der Waals surface area (Å²) >= 11 is 0. The lowest BCUT2D eigenvalue weighted by Gasteiger charge is -2.32. The molecule has 0 unspecified atom stereocenters. The van der Waals surface area contributed by atoms with E-state index in [4.69, 9.17) is 5.73 Å². The Hall–Kier alpha value is -1.06. The van der Waals surface area contributed by atoms with Crippen LogP contribution in [0.1, 0.15) is 24.8 Å². The first kappa shape index (κ1) is 16.0. The normalized spacial score (nSPS) is 15.9. The van der Waals surface area contributed by atoms with E-state index in [0.29, 0.717) is 18.9 Å². The van der Waals surface area contributed by atoms with Gasteiger partial charge in [-0.05, 0) is 30.7 Å². The molecule has 2 N–H and O–H groups in total. The highest BCUT2D eigenvalue weighted by Crippen LogP contribution is 2.21. The van der Waals surface area contributed by atoms with Crippen molar-refractivity contribution < 1.29 is 4.79 Å². The van der Waals surface area contributed by atoms with Gasteiger partial charge in [-0.3, -0.25) is 4.79 Å². The van der Waals surface area contributed by atoms with Crippen LogP contribution in [0.25, 0.3) is 0 Å². The van der Waals surface area contributed by atoms with Crippen LogP contribution in [0.5, 0.6) is 0 Å². The van der Waals surface area contributed by atoms with E-state index in [1.165, 1.54) is 5.56 Å². The molecule has 1 heterocycles. The summed E-state index contributed by atoms with van der Waals surface area (Å²) in [5.74, 6) is 0.935. The SMILES string of the molecule is Cl.NCCC(=O)N1CCC(Cc2ccccc2)CC1. The molecule has 1 aromatic rings. The molecule has 2 rings (SSSR count). The zero-order valence-corrected chi connectivity index (χ0v) is 12.1. The largest absolute Gasteiger partial charge is 0.343 e. The number of carbonyl (C=O) groups is 1. The van der Waals surface area contributed by atoms with Gasteiger partial charge in [-0.1, -0.05) is 30.3 Å². The summed E-state index contributed by atoms with van der Waals surface area (Å²) in [4.78, 5) is 13.7. The van der Waals surface area contributed by atoms with Crippen molar-refractivity contribution in [3.8, 4) is 0 Å². The summed E-state index contributed by atoms with van der Waals surface area (Å²) in [6, 6.07) is 10.6. The van der Waals surface area contributed by atoms with Gasteiger partial charge in [-0.25, -0.2) is 0 Å². The van der Waals surface area contributed by atoms with Crippen molar-refractivity contribution in [2.24, 2.45) is 11.7 Å². The number of halogens is 1. The fraction of sp³-hybridized carbons (Fsp3) is 0.533. The highest BCUT2D eigenvalue weighted by Gasteiger charge is 2.22. The molecule has 0 radical (unpaired) electrons. The number of benzene rings is 1. The van der Waals surface area contributed by atoms with Crippen LogP contribution in [-0.4, -0.2) is 30.4 Å². The van der Waals surface area contributed by atoms with Crippen molar-refractivity contribution in [2.75, 3.05) is 19.6 Å². The van der Waals surface area contributed by atoms with Gasteiger partial charge >= 0.3 is 0 Å². The first-order chi connectivity index (χ1) is 8.79. The third-order valence-corrected chi connectivity index (χ3v) is 3.69. The van der Waals surface area contributed by atoms with Crippen molar-refractivity contribution in [1.82, 2.24) is 4.90 Å². The Morgan fingerprint density at radius 1 is 1.21 bits per heavy atom. The predicted molar refractivity (Wildman–Crippen MR) is 80.4 cm³/mol. The minimum Gasteiger partial charge on any atom is -0.343 e. The van der Waals surface area contributed by atoms with Crippen LogP contribution in [0.3, 0.4) is 0 Å². The first-order valence-electron chi connectivity index (χ1n) is 6.81. The maximum atomic E-state index is 11.7. The van der Waals surface area contributed by atoms with E-state index >= 15 is 0 Å². The van der Waals surface area contributed by atoms with Crippen LogP contribution in [0, 0.1) is 5.92 Å². The molecule has 0 atom stereocenters. The van der Waals surface area contributed by atoms with Crippen LogP contribution in [0.4, 0.5) is 0 Å². The van der Waals surface area contributed by atoms with Gasteiger partial charge in [-0.2, -0.15) is 0 Å². The number of nitrogens with two attached hydrogens (primary N) is 1. The van der Waals surface area contributed by atoms with E-state index < -0.39 is 0 Å². The Bertz CT molecular complexity index is 375. The van der Waals surface area contributed by atoms with Gasteiger partial charge in [0.15, 0.2) is 0 Å². The molecular formula is C15H23ClN2O. The molecule has 0 aromatic heterocycles. The molecule has 0 bridgehead atoms. The average molecular weight is 283 g/mol. The molecular weight excluding hydrogens is 260 g/mol. The third kappa shape index (κ3) is 4.84. The minimum atomic E-state index is 0. The Labute approximate surface area is 121 Å². The summed E-state index contributed by atoms with van der Waals surface area (Å²) in [6.07, 6.45) is 3.86. The van der Waals surface area contributed by atoms with E-state index in [2.05, 4.69) is 30.3 Å². The molecule has 1 fully saturated rings. The Kier molecular flexibility index (Phi) is 6.89. The van der Waals surface area contributed by atoms with Crippen molar-refractivity contribution in [3.05, 3.63) is 35.9 Å². The first-order valence-corrected chi connectivity index (χ1v) is 6.81.